The molecule has 0 aliphatic heterocycles. The van der Waals surface area contributed by atoms with Gasteiger partial charge in [0.05, 0.1) is 6.10 Å². The number of rotatable bonds is 5. The minimum Gasteiger partial charge on any atom is -0.390 e. The second-order valence-corrected chi connectivity index (χ2v) is 4.70. The molecule has 3 nitrogen and oxygen atoms in total. The summed E-state index contributed by atoms with van der Waals surface area (Å²) in [7, 11) is 0. The Bertz CT molecular complexity index is 344. The number of hydrogen-bond acceptors (Lipinski definition) is 3. The van der Waals surface area contributed by atoms with Crippen LogP contribution in [0.15, 0.2) is 22.7 Å². The monoisotopic (exact) mass is 287 g/mol. The molecular weight excluding hydrogens is 270 g/mol. The lowest BCUT2D eigenvalue weighted by atomic mass is 9.96. The highest BCUT2D eigenvalue weighted by Crippen LogP contribution is 2.25. The molecule has 0 heterocycles. The number of nitrogens with two attached hydrogens (primary N) is 1. The van der Waals surface area contributed by atoms with Gasteiger partial charge in [-0.15, -0.1) is 0 Å². The zero-order valence-corrected chi connectivity index (χ0v) is 10.9. The molecule has 0 radical (unpaired) electrons. The van der Waals surface area contributed by atoms with Crippen molar-refractivity contribution >= 4 is 15.9 Å². The Morgan fingerprint density at radius 1 is 1.38 bits per heavy atom. The van der Waals surface area contributed by atoms with Gasteiger partial charge in [-0.05, 0) is 42.6 Å². The lowest BCUT2D eigenvalue weighted by molar-refractivity contribution is 0.0145. The minimum absolute atomic E-state index is 0.371. The highest BCUT2D eigenvalue weighted by atomic mass is 79.9. The van der Waals surface area contributed by atoms with E-state index < -0.39 is 12.2 Å². The molecule has 1 rings (SSSR count). The van der Waals surface area contributed by atoms with Gasteiger partial charge < -0.3 is 15.9 Å². The lowest BCUT2D eigenvalue weighted by Crippen LogP contribution is -2.22. The highest BCUT2D eigenvalue weighted by Gasteiger charge is 2.19. The second kappa shape index (κ2) is 6.35. The normalized spacial score (nSPS) is 14.8. The molecule has 0 amide bonds. The number of halogens is 1. The van der Waals surface area contributed by atoms with Gasteiger partial charge >= 0.3 is 0 Å². The first-order chi connectivity index (χ1) is 7.60. The Kier molecular flexibility index (Phi) is 5.41. The van der Waals surface area contributed by atoms with E-state index >= 15 is 0 Å². The number of aryl methyl sites for hydroxylation is 1. The summed E-state index contributed by atoms with van der Waals surface area (Å²) in [6, 6.07) is 5.67. The molecule has 0 fully saturated rings. The van der Waals surface area contributed by atoms with Crippen molar-refractivity contribution in [1.29, 1.82) is 0 Å². The molecule has 0 saturated heterocycles. The van der Waals surface area contributed by atoms with Crippen molar-refractivity contribution in [2.75, 3.05) is 6.54 Å². The van der Waals surface area contributed by atoms with Gasteiger partial charge in [0.25, 0.3) is 0 Å². The SMILES string of the molecule is CCc1cc(Br)ccc1C(O)C(O)CCN. The first-order valence-corrected chi connectivity index (χ1v) is 6.24. The number of hydrogen-bond donors (Lipinski definition) is 3. The maximum absolute atomic E-state index is 10.0. The quantitative estimate of drug-likeness (QED) is 0.773. The van der Waals surface area contributed by atoms with Gasteiger partial charge in [0.2, 0.25) is 0 Å². The van der Waals surface area contributed by atoms with Gasteiger partial charge in [0, 0.05) is 4.47 Å². The smallest absolute Gasteiger partial charge is 0.105 e. The number of aliphatic hydroxyl groups is 2. The summed E-state index contributed by atoms with van der Waals surface area (Å²) in [4.78, 5) is 0. The average molecular weight is 288 g/mol. The third-order valence-corrected chi connectivity index (χ3v) is 3.12. The van der Waals surface area contributed by atoms with E-state index in [1.807, 2.05) is 25.1 Å². The summed E-state index contributed by atoms with van der Waals surface area (Å²) in [6.07, 6.45) is -0.426. The van der Waals surface area contributed by atoms with E-state index in [-0.39, 0.29) is 0 Å². The number of aliphatic hydroxyl groups excluding tert-OH is 2. The van der Waals surface area contributed by atoms with E-state index in [2.05, 4.69) is 15.9 Å². The third kappa shape index (κ3) is 3.28. The van der Waals surface area contributed by atoms with Gasteiger partial charge in [-0.2, -0.15) is 0 Å². The van der Waals surface area contributed by atoms with E-state index in [9.17, 15) is 10.2 Å². The molecule has 1 aromatic rings. The fourth-order valence-electron chi connectivity index (χ4n) is 1.70. The lowest BCUT2D eigenvalue weighted by Gasteiger charge is -2.20. The summed E-state index contributed by atoms with van der Waals surface area (Å²) in [5, 5.41) is 19.7. The summed E-state index contributed by atoms with van der Waals surface area (Å²) >= 11 is 3.39. The molecule has 16 heavy (non-hydrogen) atoms. The van der Waals surface area contributed by atoms with Crippen LogP contribution in [0.1, 0.15) is 30.6 Å². The molecule has 0 saturated carbocycles. The maximum atomic E-state index is 10.0. The van der Waals surface area contributed by atoms with Crippen LogP contribution in [0.3, 0.4) is 0 Å². The van der Waals surface area contributed by atoms with Crippen molar-refractivity contribution in [3.8, 4) is 0 Å². The zero-order chi connectivity index (χ0) is 12.1. The highest BCUT2D eigenvalue weighted by molar-refractivity contribution is 9.10. The van der Waals surface area contributed by atoms with Crippen molar-refractivity contribution in [2.45, 2.75) is 32.0 Å². The molecule has 4 heteroatoms. The fourth-order valence-corrected chi connectivity index (χ4v) is 2.11. The molecule has 0 aromatic heterocycles. The van der Waals surface area contributed by atoms with Gasteiger partial charge in [-0.3, -0.25) is 0 Å². The van der Waals surface area contributed by atoms with Gasteiger partial charge in [-0.1, -0.05) is 28.9 Å². The van der Waals surface area contributed by atoms with Gasteiger partial charge in [0.15, 0.2) is 0 Å². The van der Waals surface area contributed by atoms with Crippen LogP contribution in [-0.4, -0.2) is 22.9 Å². The topological polar surface area (TPSA) is 66.5 Å². The first-order valence-electron chi connectivity index (χ1n) is 5.44. The van der Waals surface area contributed by atoms with E-state index in [4.69, 9.17) is 5.73 Å². The van der Waals surface area contributed by atoms with Crippen molar-refractivity contribution in [3.63, 3.8) is 0 Å². The van der Waals surface area contributed by atoms with E-state index in [1.54, 1.807) is 0 Å². The summed E-state index contributed by atoms with van der Waals surface area (Å²) in [5.74, 6) is 0. The van der Waals surface area contributed by atoms with Crippen molar-refractivity contribution in [3.05, 3.63) is 33.8 Å². The summed E-state index contributed by atoms with van der Waals surface area (Å²) in [5.41, 5.74) is 7.19. The van der Waals surface area contributed by atoms with Crippen molar-refractivity contribution in [1.82, 2.24) is 0 Å². The molecule has 1 aromatic carbocycles. The molecule has 2 unspecified atom stereocenters. The molecular formula is C12H18BrNO2. The number of benzene rings is 1. The Morgan fingerprint density at radius 2 is 2.06 bits per heavy atom. The van der Waals surface area contributed by atoms with Crippen molar-refractivity contribution in [2.24, 2.45) is 5.73 Å². The third-order valence-electron chi connectivity index (χ3n) is 2.63. The Hall–Kier alpha value is -0.420. The second-order valence-electron chi connectivity index (χ2n) is 3.79. The summed E-state index contributed by atoms with van der Waals surface area (Å²) in [6.45, 7) is 2.39. The molecule has 90 valence electrons. The fraction of sp³-hybridized carbons (Fsp3) is 0.500. The molecule has 0 aliphatic carbocycles. The maximum Gasteiger partial charge on any atom is 0.105 e. The van der Waals surface area contributed by atoms with Crippen LogP contribution in [-0.2, 0) is 6.42 Å². The van der Waals surface area contributed by atoms with E-state index in [0.717, 1.165) is 22.0 Å². The zero-order valence-electron chi connectivity index (χ0n) is 9.36. The van der Waals surface area contributed by atoms with Crippen LogP contribution >= 0.6 is 15.9 Å². The average Bonchev–Trinajstić information content (AvgIpc) is 2.28. The van der Waals surface area contributed by atoms with Crippen LogP contribution in [0.4, 0.5) is 0 Å². The largest absolute Gasteiger partial charge is 0.390 e. The molecule has 0 spiro atoms. The predicted octanol–water partition coefficient (Wildman–Crippen LogP) is 1.75. The van der Waals surface area contributed by atoms with Crippen LogP contribution in [0.5, 0.6) is 0 Å². The molecule has 2 atom stereocenters. The standard InChI is InChI=1S/C12H18BrNO2/c1-2-8-7-9(13)3-4-10(8)12(16)11(15)5-6-14/h3-4,7,11-12,15-16H,2,5-6,14H2,1H3. The van der Waals surface area contributed by atoms with E-state index in [1.165, 1.54) is 0 Å². The summed E-state index contributed by atoms with van der Waals surface area (Å²) < 4.78 is 0.980. The molecule has 0 aliphatic rings. The predicted molar refractivity (Wildman–Crippen MR) is 68.2 cm³/mol. The molecule has 4 N–H and O–H groups in total. The van der Waals surface area contributed by atoms with Gasteiger partial charge in [-0.25, -0.2) is 0 Å². The van der Waals surface area contributed by atoms with Crippen LogP contribution in [0.2, 0.25) is 0 Å². The minimum atomic E-state index is -0.855. The van der Waals surface area contributed by atoms with Crippen LogP contribution in [0, 0.1) is 0 Å². The van der Waals surface area contributed by atoms with Gasteiger partial charge in [0.1, 0.15) is 6.10 Å². The molecule has 0 bridgehead atoms. The van der Waals surface area contributed by atoms with Crippen molar-refractivity contribution < 1.29 is 10.2 Å². The Morgan fingerprint density at radius 3 is 2.62 bits per heavy atom. The van der Waals surface area contributed by atoms with E-state index in [0.29, 0.717) is 13.0 Å². The first kappa shape index (κ1) is 13.6. The Labute approximate surface area is 104 Å². The Balaban J connectivity index is 2.93. The van der Waals surface area contributed by atoms with Crippen LogP contribution in [0.25, 0.3) is 0 Å². The van der Waals surface area contributed by atoms with Crippen LogP contribution < -0.4 is 5.73 Å².